The van der Waals surface area contributed by atoms with Crippen molar-refractivity contribution >= 4 is 29.3 Å². The van der Waals surface area contributed by atoms with Gasteiger partial charge in [-0.05, 0) is 37.1 Å². The number of carbonyl (C=O) groups excluding carboxylic acids is 2. The van der Waals surface area contributed by atoms with Crippen molar-refractivity contribution < 1.29 is 14.3 Å². The highest BCUT2D eigenvalue weighted by atomic mass is 35.5. The van der Waals surface area contributed by atoms with Crippen LogP contribution in [-0.4, -0.2) is 36.6 Å². The molecule has 0 spiro atoms. The number of anilines is 1. The van der Waals surface area contributed by atoms with Crippen molar-refractivity contribution in [2.75, 3.05) is 25.0 Å². The lowest BCUT2D eigenvalue weighted by atomic mass is 10.2. The van der Waals surface area contributed by atoms with E-state index < -0.39 is 0 Å². The lowest BCUT2D eigenvalue weighted by molar-refractivity contribution is -0.116. The quantitative estimate of drug-likeness (QED) is 0.929. The number of ether oxygens (including phenoxy) is 1. The van der Waals surface area contributed by atoms with Crippen molar-refractivity contribution in [3.63, 3.8) is 0 Å². The number of cyclic esters (lactones) is 1. The summed E-state index contributed by atoms with van der Waals surface area (Å²) in [6.45, 7) is 3.36. The zero-order valence-corrected chi connectivity index (χ0v) is 12.1. The van der Waals surface area contributed by atoms with Crippen molar-refractivity contribution in [1.82, 2.24) is 4.90 Å². The highest BCUT2D eigenvalue weighted by molar-refractivity contribution is 6.30. The average molecular weight is 297 g/mol. The van der Waals surface area contributed by atoms with Crippen molar-refractivity contribution in [2.24, 2.45) is 0 Å². The molecule has 1 N–H and O–H groups in total. The normalized spacial score (nSPS) is 14.9. The summed E-state index contributed by atoms with van der Waals surface area (Å²) in [7, 11) is 0. The Morgan fingerprint density at radius 3 is 3.00 bits per heavy atom. The van der Waals surface area contributed by atoms with Crippen molar-refractivity contribution in [3.8, 4) is 0 Å². The zero-order chi connectivity index (χ0) is 14.5. The van der Waals surface area contributed by atoms with E-state index in [0.717, 1.165) is 17.7 Å². The molecule has 2 rings (SSSR count). The van der Waals surface area contributed by atoms with Gasteiger partial charge in [0.1, 0.15) is 0 Å². The maximum absolute atomic E-state index is 11.9. The van der Waals surface area contributed by atoms with Crippen molar-refractivity contribution in [2.45, 2.75) is 19.8 Å². The minimum Gasteiger partial charge on any atom is -0.449 e. The predicted molar refractivity (Wildman–Crippen MR) is 77.0 cm³/mol. The molecule has 1 aromatic carbocycles. The second kappa shape index (κ2) is 6.61. The molecule has 1 aliphatic heterocycles. The SMILES string of the molecule is Cc1cc(Cl)ccc1NC(=O)CCN1CCCOC1=O. The third-order valence-corrected chi connectivity index (χ3v) is 3.36. The molecule has 0 aliphatic carbocycles. The number of amides is 2. The van der Waals surface area contributed by atoms with Crippen molar-refractivity contribution in [1.29, 1.82) is 0 Å². The van der Waals surface area contributed by atoms with Crippen LogP contribution in [0.1, 0.15) is 18.4 Å². The number of nitrogens with one attached hydrogen (secondary N) is 1. The van der Waals surface area contributed by atoms with Gasteiger partial charge in [-0.2, -0.15) is 0 Å². The molecular formula is C14H17ClN2O3. The number of halogens is 1. The standard InChI is InChI=1S/C14H17ClN2O3/c1-10-9-11(15)3-4-12(10)16-13(18)5-7-17-6-2-8-20-14(17)19/h3-4,9H,2,5-8H2,1H3,(H,16,18). The number of carbonyl (C=O) groups is 2. The predicted octanol–water partition coefficient (Wildman–Crippen LogP) is 2.82. The van der Waals surface area contributed by atoms with Crippen LogP contribution < -0.4 is 5.32 Å². The molecule has 2 amide bonds. The van der Waals surface area contributed by atoms with Crippen LogP contribution in [0.5, 0.6) is 0 Å². The van der Waals surface area contributed by atoms with Crippen LogP contribution >= 0.6 is 11.6 Å². The molecule has 0 unspecified atom stereocenters. The lowest BCUT2D eigenvalue weighted by Crippen LogP contribution is -2.39. The van der Waals surface area contributed by atoms with E-state index in [1.54, 1.807) is 23.1 Å². The first-order valence-electron chi connectivity index (χ1n) is 6.54. The summed E-state index contributed by atoms with van der Waals surface area (Å²) in [6.07, 6.45) is 0.715. The largest absolute Gasteiger partial charge is 0.449 e. The fourth-order valence-electron chi connectivity index (χ4n) is 2.02. The van der Waals surface area contributed by atoms with Crippen LogP contribution in [0.15, 0.2) is 18.2 Å². The summed E-state index contributed by atoms with van der Waals surface area (Å²) in [5.74, 6) is -0.131. The van der Waals surface area contributed by atoms with Crippen LogP contribution in [0.25, 0.3) is 0 Å². The maximum Gasteiger partial charge on any atom is 0.409 e. The molecule has 0 aromatic heterocycles. The summed E-state index contributed by atoms with van der Waals surface area (Å²) >= 11 is 5.86. The maximum atomic E-state index is 11.9. The van der Waals surface area contributed by atoms with Gasteiger partial charge in [-0.3, -0.25) is 4.79 Å². The fourth-order valence-corrected chi connectivity index (χ4v) is 2.24. The molecule has 108 valence electrons. The van der Waals surface area contributed by atoms with Crippen LogP contribution in [0.4, 0.5) is 10.5 Å². The molecule has 5 nitrogen and oxygen atoms in total. The minimum atomic E-state index is -0.341. The van der Waals surface area contributed by atoms with E-state index in [1.807, 2.05) is 6.92 Å². The first-order valence-corrected chi connectivity index (χ1v) is 6.92. The summed E-state index contributed by atoms with van der Waals surface area (Å²) in [4.78, 5) is 24.8. The topological polar surface area (TPSA) is 58.6 Å². The smallest absolute Gasteiger partial charge is 0.409 e. The van der Waals surface area contributed by atoms with Crippen LogP contribution in [-0.2, 0) is 9.53 Å². The molecule has 20 heavy (non-hydrogen) atoms. The monoisotopic (exact) mass is 296 g/mol. The number of rotatable bonds is 4. The number of aryl methyl sites for hydroxylation is 1. The Bertz CT molecular complexity index is 519. The highest BCUT2D eigenvalue weighted by Gasteiger charge is 2.20. The van der Waals surface area contributed by atoms with Crippen LogP contribution in [0.3, 0.4) is 0 Å². The second-order valence-electron chi connectivity index (χ2n) is 4.71. The van der Waals surface area contributed by atoms with Gasteiger partial charge in [0.25, 0.3) is 0 Å². The van der Waals surface area contributed by atoms with Crippen LogP contribution in [0, 0.1) is 6.92 Å². The minimum absolute atomic E-state index is 0.131. The van der Waals surface area contributed by atoms with E-state index in [1.165, 1.54) is 0 Å². The molecule has 1 aliphatic rings. The summed E-state index contributed by atoms with van der Waals surface area (Å²) < 4.78 is 4.91. The van der Waals surface area contributed by atoms with E-state index in [-0.39, 0.29) is 18.4 Å². The Morgan fingerprint density at radius 1 is 1.50 bits per heavy atom. The van der Waals surface area contributed by atoms with E-state index in [0.29, 0.717) is 24.7 Å². The molecule has 1 heterocycles. The molecule has 0 bridgehead atoms. The van der Waals surface area contributed by atoms with E-state index >= 15 is 0 Å². The number of hydrogen-bond donors (Lipinski definition) is 1. The Morgan fingerprint density at radius 2 is 2.30 bits per heavy atom. The number of nitrogens with zero attached hydrogens (tertiary/aromatic N) is 1. The second-order valence-corrected chi connectivity index (χ2v) is 5.15. The molecule has 6 heteroatoms. The van der Waals surface area contributed by atoms with Crippen molar-refractivity contribution in [3.05, 3.63) is 28.8 Å². The van der Waals surface area contributed by atoms with Gasteiger partial charge in [0.2, 0.25) is 5.91 Å². The summed E-state index contributed by atoms with van der Waals surface area (Å²) in [5, 5.41) is 3.45. The van der Waals surface area contributed by atoms with Gasteiger partial charge in [0, 0.05) is 30.2 Å². The van der Waals surface area contributed by atoms with E-state index in [2.05, 4.69) is 5.32 Å². The fraction of sp³-hybridized carbons (Fsp3) is 0.429. The first kappa shape index (κ1) is 14.7. The van der Waals surface area contributed by atoms with Gasteiger partial charge in [0.05, 0.1) is 6.61 Å². The van der Waals surface area contributed by atoms with Crippen LogP contribution in [0.2, 0.25) is 5.02 Å². The average Bonchev–Trinajstić information content (AvgIpc) is 2.41. The van der Waals surface area contributed by atoms with Gasteiger partial charge in [-0.1, -0.05) is 11.6 Å². The molecular weight excluding hydrogens is 280 g/mol. The molecule has 0 radical (unpaired) electrons. The molecule has 1 aromatic rings. The Balaban J connectivity index is 1.84. The molecule has 1 fully saturated rings. The molecule has 0 saturated carbocycles. The summed E-state index contributed by atoms with van der Waals surface area (Å²) in [5.41, 5.74) is 1.64. The van der Waals surface area contributed by atoms with Gasteiger partial charge < -0.3 is 15.0 Å². The first-order chi connectivity index (χ1) is 9.56. The van der Waals surface area contributed by atoms with Gasteiger partial charge >= 0.3 is 6.09 Å². The van der Waals surface area contributed by atoms with E-state index in [9.17, 15) is 9.59 Å². The van der Waals surface area contributed by atoms with Gasteiger partial charge in [0.15, 0.2) is 0 Å². The number of hydrogen-bond acceptors (Lipinski definition) is 3. The Labute approximate surface area is 122 Å². The lowest BCUT2D eigenvalue weighted by Gasteiger charge is -2.25. The number of benzene rings is 1. The van der Waals surface area contributed by atoms with Gasteiger partial charge in [-0.15, -0.1) is 0 Å². The highest BCUT2D eigenvalue weighted by Crippen LogP contribution is 2.19. The Kier molecular flexibility index (Phi) is 4.84. The van der Waals surface area contributed by atoms with Gasteiger partial charge in [-0.25, -0.2) is 4.79 Å². The molecule has 0 atom stereocenters. The van der Waals surface area contributed by atoms with E-state index in [4.69, 9.17) is 16.3 Å². The Hall–Kier alpha value is -1.75. The zero-order valence-electron chi connectivity index (χ0n) is 11.3. The summed E-state index contributed by atoms with van der Waals surface area (Å²) in [6, 6.07) is 5.29. The molecule has 1 saturated heterocycles. The third kappa shape index (κ3) is 3.87. The third-order valence-electron chi connectivity index (χ3n) is 3.13.